The fourth-order valence-electron chi connectivity index (χ4n) is 3.24. The smallest absolute Gasteiger partial charge is 0.363 e. The van der Waals surface area contributed by atoms with E-state index in [0.29, 0.717) is 16.3 Å². The second kappa shape index (κ2) is 7.51. The maximum atomic E-state index is 13.8. The Bertz CT molecular complexity index is 1110. The first kappa shape index (κ1) is 20.5. The van der Waals surface area contributed by atoms with Crippen LogP contribution in [-0.4, -0.2) is 27.0 Å². The topological polar surface area (TPSA) is 85.0 Å². The molecule has 2 N–H and O–H groups in total. The van der Waals surface area contributed by atoms with E-state index in [0.717, 1.165) is 4.68 Å². The Morgan fingerprint density at radius 3 is 2.67 bits per heavy atom. The number of halogens is 5. The number of anilines is 2. The van der Waals surface area contributed by atoms with Gasteiger partial charge in [-0.2, -0.15) is 18.3 Å². The van der Waals surface area contributed by atoms with Crippen LogP contribution in [0.5, 0.6) is 0 Å². The number of rotatable bonds is 3. The highest BCUT2D eigenvalue weighted by Crippen LogP contribution is 2.44. The lowest BCUT2D eigenvalue weighted by molar-refractivity contribution is -0.173. The van der Waals surface area contributed by atoms with Gasteiger partial charge >= 0.3 is 6.18 Å². The first-order valence-electron chi connectivity index (χ1n) is 8.74. The first-order valence-corrected chi connectivity index (χ1v) is 9.50. The van der Waals surface area contributed by atoms with Gasteiger partial charge in [0.25, 0.3) is 5.91 Å². The molecule has 3 heterocycles. The van der Waals surface area contributed by atoms with Crippen molar-refractivity contribution in [1.82, 2.24) is 14.9 Å². The standard InChI is InChI=1S/C18H14Cl2F3N5O2/c1-8-4-15(27-30-8)25-17(29)13-7-16-24-12(9-2-3-10(19)11(20)5-9)6-14(18(21,22)23)28(16)26-13/h2-5,7,12,14,24H,6H2,1H3,(H,25,27,29)/t12-,14-/m1/s1. The third kappa shape index (κ3) is 3.97. The van der Waals surface area contributed by atoms with Crippen molar-refractivity contribution < 1.29 is 22.5 Å². The summed E-state index contributed by atoms with van der Waals surface area (Å²) in [7, 11) is 0. The number of aromatic nitrogens is 3. The lowest BCUT2D eigenvalue weighted by atomic mass is 9.97. The maximum absolute atomic E-state index is 13.8. The molecule has 4 rings (SSSR count). The lowest BCUT2D eigenvalue weighted by Gasteiger charge is -2.33. The van der Waals surface area contributed by atoms with Gasteiger partial charge in [0.15, 0.2) is 17.6 Å². The van der Waals surface area contributed by atoms with Crippen LogP contribution >= 0.6 is 23.2 Å². The van der Waals surface area contributed by atoms with Gasteiger partial charge in [-0.3, -0.25) is 4.79 Å². The molecule has 30 heavy (non-hydrogen) atoms. The number of alkyl halides is 3. The molecule has 3 aromatic rings. The average Bonchev–Trinajstić information content (AvgIpc) is 3.28. The predicted molar refractivity (Wildman–Crippen MR) is 104 cm³/mol. The molecule has 1 aliphatic rings. The molecular weight excluding hydrogens is 446 g/mol. The molecule has 158 valence electrons. The molecule has 0 saturated carbocycles. The quantitative estimate of drug-likeness (QED) is 0.547. The summed E-state index contributed by atoms with van der Waals surface area (Å²) in [5.74, 6) is -0.0460. The predicted octanol–water partition coefficient (Wildman–Crippen LogP) is 5.40. The summed E-state index contributed by atoms with van der Waals surface area (Å²) in [4.78, 5) is 12.4. The Balaban J connectivity index is 1.66. The molecule has 0 unspecified atom stereocenters. The van der Waals surface area contributed by atoms with Crippen molar-refractivity contribution in [3.05, 3.63) is 57.4 Å². The number of carbonyl (C=O) groups excluding carboxylic acids is 1. The SMILES string of the molecule is Cc1cc(NC(=O)c2cc3n(n2)[C@@H](C(F)(F)F)C[C@H](c2ccc(Cl)c(Cl)c2)N3)no1. The molecule has 7 nitrogen and oxygen atoms in total. The summed E-state index contributed by atoms with van der Waals surface area (Å²) in [6.45, 7) is 1.64. The maximum Gasteiger partial charge on any atom is 0.410 e. The van der Waals surface area contributed by atoms with E-state index in [1.54, 1.807) is 13.0 Å². The van der Waals surface area contributed by atoms with Crippen LogP contribution in [0.15, 0.2) is 34.9 Å². The van der Waals surface area contributed by atoms with Crippen molar-refractivity contribution >= 4 is 40.7 Å². The van der Waals surface area contributed by atoms with Gasteiger partial charge in [-0.05, 0) is 24.6 Å². The van der Waals surface area contributed by atoms with E-state index in [2.05, 4.69) is 20.9 Å². The highest BCUT2D eigenvalue weighted by atomic mass is 35.5. The molecule has 0 radical (unpaired) electrons. The van der Waals surface area contributed by atoms with E-state index in [9.17, 15) is 18.0 Å². The number of fused-ring (bicyclic) bond motifs is 1. The average molecular weight is 460 g/mol. The van der Waals surface area contributed by atoms with Crippen LogP contribution in [0.2, 0.25) is 10.0 Å². The molecule has 2 aromatic heterocycles. The zero-order valence-corrected chi connectivity index (χ0v) is 16.8. The molecular formula is C18H14Cl2F3N5O2. The van der Waals surface area contributed by atoms with Gasteiger partial charge in [-0.25, -0.2) is 4.68 Å². The number of benzene rings is 1. The molecule has 1 aliphatic heterocycles. The zero-order valence-electron chi connectivity index (χ0n) is 15.3. The molecule has 0 bridgehead atoms. The van der Waals surface area contributed by atoms with Gasteiger partial charge in [0.2, 0.25) is 0 Å². The van der Waals surface area contributed by atoms with Gasteiger partial charge in [-0.1, -0.05) is 34.4 Å². The number of nitrogens with one attached hydrogen (secondary N) is 2. The lowest BCUT2D eigenvalue weighted by Crippen LogP contribution is -2.35. The third-order valence-corrected chi connectivity index (χ3v) is 5.38. The highest BCUT2D eigenvalue weighted by molar-refractivity contribution is 6.42. The second-order valence-electron chi connectivity index (χ2n) is 6.80. The Morgan fingerprint density at radius 2 is 2.03 bits per heavy atom. The number of amides is 1. The van der Waals surface area contributed by atoms with Crippen LogP contribution in [0, 0.1) is 6.92 Å². The highest BCUT2D eigenvalue weighted by Gasteiger charge is 2.46. The van der Waals surface area contributed by atoms with Crippen LogP contribution < -0.4 is 10.6 Å². The van der Waals surface area contributed by atoms with E-state index in [1.807, 2.05) is 0 Å². The molecule has 1 aromatic carbocycles. The Morgan fingerprint density at radius 1 is 1.27 bits per heavy atom. The largest absolute Gasteiger partial charge is 0.410 e. The Hall–Kier alpha value is -2.72. The summed E-state index contributed by atoms with van der Waals surface area (Å²) < 4.78 is 46.9. The summed E-state index contributed by atoms with van der Waals surface area (Å²) in [6.07, 6.45) is -4.91. The van der Waals surface area contributed by atoms with Crippen LogP contribution in [0.3, 0.4) is 0 Å². The summed E-state index contributed by atoms with van der Waals surface area (Å²) in [6, 6.07) is 4.74. The Kier molecular flexibility index (Phi) is 5.15. The van der Waals surface area contributed by atoms with Crippen LogP contribution in [0.25, 0.3) is 0 Å². The molecule has 1 amide bonds. The molecule has 0 aliphatic carbocycles. The van der Waals surface area contributed by atoms with Gasteiger partial charge in [0, 0.05) is 18.6 Å². The minimum absolute atomic E-state index is 0.0566. The van der Waals surface area contributed by atoms with E-state index < -0.39 is 24.2 Å². The molecule has 0 fully saturated rings. The normalized spacial score (nSPS) is 18.6. The number of nitrogens with zero attached hydrogens (tertiary/aromatic N) is 3. The van der Waals surface area contributed by atoms with Crippen LogP contribution in [0.1, 0.15) is 40.3 Å². The Labute approximate surface area is 178 Å². The number of hydrogen-bond donors (Lipinski definition) is 2. The van der Waals surface area contributed by atoms with Gasteiger partial charge < -0.3 is 15.2 Å². The van der Waals surface area contributed by atoms with Crippen LogP contribution in [0.4, 0.5) is 24.8 Å². The van der Waals surface area contributed by atoms with Crippen molar-refractivity contribution in [2.24, 2.45) is 0 Å². The summed E-state index contributed by atoms with van der Waals surface area (Å²) >= 11 is 11.9. The fraction of sp³-hybridized carbons (Fsp3) is 0.278. The molecule has 0 saturated heterocycles. The summed E-state index contributed by atoms with van der Waals surface area (Å²) in [5, 5.41) is 13.5. The van der Waals surface area contributed by atoms with Gasteiger partial charge in [0.05, 0.1) is 16.1 Å². The minimum atomic E-state index is -4.58. The number of aryl methyl sites for hydroxylation is 1. The van der Waals surface area contributed by atoms with Crippen molar-refractivity contribution in [3.63, 3.8) is 0 Å². The van der Waals surface area contributed by atoms with E-state index in [4.69, 9.17) is 27.7 Å². The summed E-state index contributed by atoms with van der Waals surface area (Å²) in [5.41, 5.74) is 0.345. The monoisotopic (exact) mass is 459 g/mol. The number of hydrogen-bond acceptors (Lipinski definition) is 5. The molecule has 2 atom stereocenters. The molecule has 12 heteroatoms. The third-order valence-electron chi connectivity index (χ3n) is 4.64. The van der Waals surface area contributed by atoms with E-state index in [1.165, 1.54) is 24.3 Å². The van der Waals surface area contributed by atoms with Crippen LogP contribution in [-0.2, 0) is 0 Å². The van der Waals surface area contributed by atoms with Crippen molar-refractivity contribution in [2.75, 3.05) is 10.6 Å². The van der Waals surface area contributed by atoms with Gasteiger partial charge in [-0.15, -0.1) is 0 Å². The number of carbonyl (C=O) groups is 1. The van der Waals surface area contributed by atoms with Crippen molar-refractivity contribution in [3.8, 4) is 0 Å². The van der Waals surface area contributed by atoms with E-state index in [-0.39, 0.29) is 28.8 Å². The van der Waals surface area contributed by atoms with Gasteiger partial charge in [0.1, 0.15) is 11.6 Å². The fourth-order valence-corrected chi connectivity index (χ4v) is 3.54. The zero-order chi connectivity index (χ0) is 21.6. The van der Waals surface area contributed by atoms with Crippen molar-refractivity contribution in [2.45, 2.75) is 31.6 Å². The first-order chi connectivity index (χ1) is 14.1. The molecule has 0 spiro atoms. The van der Waals surface area contributed by atoms with Crippen molar-refractivity contribution in [1.29, 1.82) is 0 Å². The minimum Gasteiger partial charge on any atom is -0.363 e. The van der Waals surface area contributed by atoms with E-state index >= 15 is 0 Å². The second-order valence-corrected chi connectivity index (χ2v) is 7.61.